The van der Waals surface area contributed by atoms with Gasteiger partial charge in [0.05, 0.1) is 28.2 Å². The summed E-state index contributed by atoms with van der Waals surface area (Å²) < 4.78 is 22.5. The smallest absolute Gasteiger partial charge is 0.196 e. The van der Waals surface area contributed by atoms with Gasteiger partial charge in [-0.2, -0.15) is 0 Å². The van der Waals surface area contributed by atoms with Crippen molar-refractivity contribution in [1.82, 2.24) is 9.97 Å². The molecule has 0 spiro atoms. The largest absolute Gasteiger partial charge is 0.414 e. The van der Waals surface area contributed by atoms with Crippen molar-refractivity contribution in [2.45, 2.75) is 38.6 Å². The highest BCUT2D eigenvalue weighted by Gasteiger charge is 2.38. The van der Waals surface area contributed by atoms with Crippen LogP contribution in [0.2, 0.25) is 18.1 Å². The summed E-state index contributed by atoms with van der Waals surface area (Å²) >= 11 is 9.73. The number of hydrogen-bond donors (Lipinski definition) is 3. The van der Waals surface area contributed by atoms with Gasteiger partial charge in [0.25, 0.3) is 0 Å². The van der Waals surface area contributed by atoms with Gasteiger partial charge >= 0.3 is 0 Å². The fourth-order valence-corrected chi connectivity index (χ4v) is 7.09. The van der Waals surface area contributed by atoms with Gasteiger partial charge in [0.2, 0.25) is 0 Å². The van der Waals surface area contributed by atoms with Crippen LogP contribution in [-0.4, -0.2) is 36.1 Å². The summed E-state index contributed by atoms with van der Waals surface area (Å²) in [6.45, 7) is 7.82. The third-order valence-electron chi connectivity index (χ3n) is 4.81. The Kier molecular flexibility index (Phi) is 6.69. The van der Waals surface area contributed by atoms with Gasteiger partial charge in [-0.15, -0.1) is 0 Å². The van der Waals surface area contributed by atoms with Crippen LogP contribution in [0.25, 0.3) is 11.0 Å². The van der Waals surface area contributed by atoms with Gasteiger partial charge in [0.1, 0.15) is 5.52 Å². The Balaban J connectivity index is 2.18. The van der Waals surface area contributed by atoms with Crippen LogP contribution in [0.4, 0.5) is 15.8 Å². The molecule has 0 fully saturated rings. The van der Waals surface area contributed by atoms with Crippen LogP contribution in [0.3, 0.4) is 0 Å². The first kappa shape index (κ1) is 22.2. The zero-order valence-corrected chi connectivity index (χ0v) is 20.0. The zero-order chi connectivity index (χ0) is 21.3. The second-order valence-electron chi connectivity index (χ2n) is 7.71. The van der Waals surface area contributed by atoms with E-state index in [9.17, 15) is 5.11 Å². The molecule has 0 amide bonds. The molecule has 29 heavy (non-hydrogen) atoms. The standard InChI is InChI=1S/C20H24BrClFN3O2Si/c1-11(2)28-29(3,4)17(9-27)13-8-16-20(25-10-24-16)18(23)19(13)26-15-6-5-12(21)7-14(15)22/h5-8,10-11,17,26-27H,9H2,1-4H3,(H,24,25). The van der Waals surface area contributed by atoms with Crippen LogP contribution < -0.4 is 5.32 Å². The van der Waals surface area contributed by atoms with Gasteiger partial charge < -0.3 is 19.8 Å². The Labute approximate surface area is 183 Å². The maximum absolute atomic E-state index is 15.5. The van der Waals surface area contributed by atoms with Crippen molar-refractivity contribution in [3.63, 3.8) is 0 Å². The number of aliphatic hydroxyl groups excluding tert-OH is 1. The quantitative estimate of drug-likeness (QED) is 0.342. The number of aliphatic hydroxyl groups is 1. The van der Waals surface area contributed by atoms with Gasteiger partial charge in [-0.1, -0.05) is 27.5 Å². The highest BCUT2D eigenvalue weighted by atomic mass is 79.9. The Bertz CT molecular complexity index is 1030. The van der Waals surface area contributed by atoms with E-state index < -0.39 is 14.1 Å². The van der Waals surface area contributed by atoms with E-state index in [0.29, 0.717) is 21.8 Å². The molecule has 0 aliphatic rings. The number of fused-ring (bicyclic) bond motifs is 1. The van der Waals surface area contributed by atoms with E-state index >= 15 is 4.39 Å². The lowest BCUT2D eigenvalue weighted by Gasteiger charge is -2.34. The van der Waals surface area contributed by atoms with Crippen LogP contribution in [-0.2, 0) is 4.43 Å². The van der Waals surface area contributed by atoms with E-state index in [1.807, 2.05) is 39.1 Å². The highest BCUT2D eigenvalue weighted by Crippen LogP contribution is 2.40. The monoisotopic (exact) mass is 499 g/mol. The number of aromatic amines is 1. The number of nitrogens with zero attached hydrogens (tertiary/aromatic N) is 1. The Morgan fingerprint density at radius 3 is 2.69 bits per heavy atom. The fraction of sp³-hybridized carbons (Fsp3) is 0.350. The third-order valence-corrected chi connectivity index (χ3v) is 8.87. The summed E-state index contributed by atoms with van der Waals surface area (Å²) in [4.78, 5) is 7.06. The SMILES string of the molecule is CC(C)O[Si](C)(C)C(CO)c1cc2[nH]cnc2c(F)c1Nc1ccc(Br)cc1Cl. The lowest BCUT2D eigenvalue weighted by atomic mass is 10.1. The summed E-state index contributed by atoms with van der Waals surface area (Å²) in [6.07, 6.45) is 1.46. The van der Waals surface area contributed by atoms with Crippen LogP contribution in [0.15, 0.2) is 35.1 Å². The van der Waals surface area contributed by atoms with Crippen molar-refractivity contribution >= 4 is 58.3 Å². The fourth-order valence-electron chi connectivity index (χ4n) is 3.57. The average Bonchev–Trinajstić information content (AvgIpc) is 3.08. The summed E-state index contributed by atoms with van der Waals surface area (Å²) in [5, 5.41) is 13.8. The van der Waals surface area contributed by atoms with Gasteiger partial charge in [-0.25, -0.2) is 9.37 Å². The Morgan fingerprint density at radius 2 is 2.07 bits per heavy atom. The summed E-state index contributed by atoms with van der Waals surface area (Å²) in [7, 11) is -2.43. The van der Waals surface area contributed by atoms with Gasteiger partial charge in [-0.05, 0) is 56.8 Å². The molecule has 0 radical (unpaired) electrons. The average molecular weight is 501 g/mol. The molecule has 0 saturated heterocycles. The predicted octanol–water partition coefficient (Wildman–Crippen LogP) is 6.11. The maximum Gasteiger partial charge on any atom is 0.196 e. The van der Waals surface area contributed by atoms with Crippen LogP contribution in [0.5, 0.6) is 0 Å². The number of imidazole rings is 1. The van der Waals surface area contributed by atoms with E-state index in [1.165, 1.54) is 6.33 Å². The molecule has 0 saturated carbocycles. The van der Waals surface area contributed by atoms with Crippen LogP contribution >= 0.6 is 27.5 Å². The van der Waals surface area contributed by atoms with Crippen molar-refractivity contribution in [3.05, 3.63) is 51.5 Å². The van der Waals surface area contributed by atoms with Crippen molar-refractivity contribution in [1.29, 1.82) is 0 Å². The molecule has 9 heteroatoms. The van der Waals surface area contributed by atoms with Crippen molar-refractivity contribution < 1.29 is 13.9 Å². The second kappa shape index (κ2) is 8.73. The molecular weight excluding hydrogens is 477 g/mol. The molecule has 1 atom stereocenters. The summed E-state index contributed by atoms with van der Waals surface area (Å²) in [5.41, 5.74) is 1.89. The molecule has 3 N–H and O–H groups in total. The number of H-pyrrole nitrogens is 1. The lowest BCUT2D eigenvalue weighted by molar-refractivity contribution is 0.209. The van der Waals surface area contributed by atoms with Crippen LogP contribution in [0, 0.1) is 5.82 Å². The van der Waals surface area contributed by atoms with Crippen molar-refractivity contribution in [3.8, 4) is 0 Å². The lowest BCUT2D eigenvalue weighted by Crippen LogP contribution is -2.43. The van der Waals surface area contributed by atoms with Crippen molar-refractivity contribution in [2.75, 3.05) is 11.9 Å². The number of halogens is 3. The molecule has 5 nitrogen and oxygen atoms in total. The second-order valence-corrected chi connectivity index (χ2v) is 13.2. The molecule has 3 aromatic rings. The molecule has 3 rings (SSSR count). The number of nitrogens with one attached hydrogen (secondary N) is 2. The highest BCUT2D eigenvalue weighted by molar-refractivity contribution is 9.10. The number of hydrogen-bond acceptors (Lipinski definition) is 4. The number of aromatic nitrogens is 2. The molecule has 1 heterocycles. The molecule has 0 aliphatic heterocycles. The normalized spacial score (nSPS) is 13.3. The Morgan fingerprint density at radius 1 is 1.34 bits per heavy atom. The molecular formula is C20H24BrClFN3O2Si. The third kappa shape index (κ3) is 4.67. The molecule has 2 aromatic carbocycles. The minimum atomic E-state index is -2.43. The first-order valence-electron chi connectivity index (χ1n) is 9.30. The first-order chi connectivity index (χ1) is 13.6. The minimum absolute atomic E-state index is 0.00350. The molecule has 0 bridgehead atoms. The summed E-state index contributed by atoms with van der Waals surface area (Å²) in [6, 6.07) is 7.16. The number of rotatable bonds is 7. The van der Waals surface area contributed by atoms with Gasteiger partial charge in [0.15, 0.2) is 14.1 Å². The van der Waals surface area contributed by atoms with Crippen LogP contribution in [0.1, 0.15) is 25.0 Å². The van der Waals surface area contributed by atoms with E-state index in [-0.39, 0.29) is 29.5 Å². The molecule has 1 aromatic heterocycles. The molecule has 1 unspecified atom stereocenters. The number of benzene rings is 2. The minimum Gasteiger partial charge on any atom is -0.414 e. The summed E-state index contributed by atoms with van der Waals surface area (Å²) in [5.74, 6) is -0.495. The molecule has 0 aliphatic carbocycles. The number of anilines is 2. The topological polar surface area (TPSA) is 70.2 Å². The Hall–Kier alpha value is -1.45. The van der Waals surface area contributed by atoms with Gasteiger partial charge in [0, 0.05) is 22.7 Å². The van der Waals surface area contributed by atoms with Gasteiger partial charge in [-0.3, -0.25) is 0 Å². The van der Waals surface area contributed by atoms with E-state index in [2.05, 4.69) is 31.2 Å². The van der Waals surface area contributed by atoms with Crippen molar-refractivity contribution in [2.24, 2.45) is 0 Å². The first-order valence-corrected chi connectivity index (χ1v) is 13.5. The zero-order valence-electron chi connectivity index (χ0n) is 16.7. The van der Waals surface area contributed by atoms with E-state index in [1.54, 1.807) is 12.1 Å². The van der Waals surface area contributed by atoms with E-state index in [0.717, 1.165) is 4.47 Å². The predicted molar refractivity (Wildman–Crippen MR) is 122 cm³/mol. The maximum atomic E-state index is 15.5. The molecule has 156 valence electrons. The van der Waals surface area contributed by atoms with E-state index in [4.69, 9.17) is 16.0 Å².